The maximum atomic E-state index is 11.8. The minimum atomic E-state index is -4.07. The molecule has 0 radical (unpaired) electrons. The molecule has 0 aliphatic carbocycles. The van der Waals surface area contributed by atoms with Crippen molar-refractivity contribution in [3.8, 4) is 0 Å². The highest BCUT2D eigenvalue weighted by Gasteiger charge is 2.33. The minimum absolute atomic E-state index is 0.0421. The molecular weight excluding hydrogens is 185 g/mol. The number of alkyl halides is 3. The Morgan fingerprint density at radius 1 is 1.33 bits per heavy atom. The summed E-state index contributed by atoms with van der Waals surface area (Å²) >= 11 is 0. The molecule has 1 atom stereocenters. The Morgan fingerprint density at radius 3 is 2.08 bits per heavy atom. The predicted molar refractivity (Wildman–Crippen MR) is 44.7 cm³/mol. The summed E-state index contributed by atoms with van der Waals surface area (Å²) in [6, 6.07) is 0.850. The van der Waals surface area contributed by atoms with E-state index in [9.17, 15) is 13.2 Å². The molecule has 0 aliphatic heterocycles. The molecule has 0 heterocycles. The molecule has 5 heteroatoms. The fourth-order valence-electron chi connectivity index (χ4n) is 0.811. The van der Waals surface area contributed by atoms with E-state index in [0.717, 1.165) is 0 Å². The zero-order valence-corrected chi connectivity index (χ0v) is 8.41. The highest BCUT2D eigenvalue weighted by molar-refractivity contribution is 6.78. The second-order valence-electron chi connectivity index (χ2n) is 3.44. The summed E-state index contributed by atoms with van der Waals surface area (Å²) in [6.07, 6.45) is -4.86. The van der Waals surface area contributed by atoms with Crippen LogP contribution in [0.5, 0.6) is 0 Å². The van der Waals surface area contributed by atoms with Gasteiger partial charge in [-0.3, -0.25) is 0 Å². The molecule has 0 fully saturated rings. The molecule has 0 aromatic carbocycles. The molecule has 12 heavy (non-hydrogen) atoms. The lowest BCUT2D eigenvalue weighted by Gasteiger charge is -2.23. The van der Waals surface area contributed by atoms with Gasteiger partial charge in [0, 0.05) is 12.7 Å². The summed E-state index contributed by atoms with van der Waals surface area (Å²) in [6.45, 7) is 3.65. The van der Waals surface area contributed by atoms with Gasteiger partial charge in [0.1, 0.15) is 0 Å². The predicted octanol–water partition coefficient (Wildman–Crippen LogP) is 2.57. The van der Waals surface area contributed by atoms with E-state index in [1.165, 1.54) is 0 Å². The molecule has 1 nitrogen and oxygen atoms in total. The Hall–Kier alpha value is -0.0331. The highest BCUT2D eigenvalue weighted by atomic mass is 28.3. The van der Waals surface area contributed by atoms with E-state index in [-0.39, 0.29) is 12.3 Å². The molecular formula is C7H15F3OSi. The van der Waals surface area contributed by atoms with Gasteiger partial charge in [-0.25, -0.2) is 0 Å². The number of aliphatic hydroxyl groups excluding tert-OH is 1. The number of hydrogen-bond donors (Lipinski definition) is 1. The van der Waals surface area contributed by atoms with E-state index < -0.39 is 20.7 Å². The number of aliphatic hydroxyl groups is 1. The first kappa shape index (κ1) is 12.0. The van der Waals surface area contributed by atoms with Crippen LogP contribution in [0.15, 0.2) is 0 Å². The van der Waals surface area contributed by atoms with E-state index in [1.807, 2.05) is 6.92 Å². The highest BCUT2D eigenvalue weighted by Crippen LogP contribution is 2.27. The summed E-state index contributed by atoms with van der Waals surface area (Å²) in [7, 11) is -1.97. The third-order valence-corrected chi connectivity index (χ3v) is 6.17. The fraction of sp³-hybridized carbons (Fsp3) is 1.00. The van der Waals surface area contributed by atoms with Gasteiger partial charge in [0.15, 0.2) is 0 Å². The molecule has 0 saturated carbocycles. The third-order valence-electron chi connectivity index (χ3n) is 2.25. The van der Waals surface area contributed by atoms with E-state index in [1.54, 1.807) is 6.55 Å². The SMILES string of the molecule is CC[Si](C)(CO)CCC(F)(F)F. The van der Waals surface area contributed by atoms with Crippen LogP contribution in [0.3, 0.4) is 0 Å². The van der Waals surface area contributed by atoms with Crippen molar-refractivity contribution in [2.24, 2.45) is 0 Å². The smallest absolute Gasteiger partial charge is 0.388 e. The quantitative estimate of drug-likeness (QED) is 0.691. The number of hydrogen-bond acceptors (Lipinski definition) is 1. The Bertz CT molecular complexity index is 131. The van der Waals surface area contributed by atoms with Gasteiger partial charge < -0.3 is 5.11 Å². The lowest BCUT2D eigenvalue weighted by atomic mass is 10.5. The number of halogens is 3. The zero-order valence-electron chi connectivity index (χ0n) is 7.41. The molecule has 74 valence electrons. The molecule has 1 unspecified atom stereocenters. The molecule has 0 rings (SSSR count). The van der Waals surface area contributed by atoms with Crippen molar-refractivity contribution in [1.29, 1.82) is 0 Å². The summed E-state index contributed by atoms with van der Waals surface area (Å²) in [4.78, 5) is 0. The van der Waals surface area contributed by atoms with Gasteiger partial charge in [-0.15, -0.1) is 0 Å². The Kier molecular flexibility index (Phi) is 4.26. The van der Waals surface area contributed by atoms with Gasteiger partial charge in [0.05, 0.1) is 8.07 Å². The van der Waals surface area contributed by atoms with Crippen molar-refractivity contribution in [2.75, 3.05) is 6.23 Å². The van der Waals surface area contributed by atoms with Gasteiger partial charge in [0.25, 0.3) is 0 Å². The zero-order chi connectivity index (χ0) is 9.83. The van der Waals surface area contributed by atoms with Crippen LogP contribution >= 0.6 is 0 Å². The second kappa shape index (κ2) is 4.27. The molecule has 0 aromatic heterocycles. The summed E-state index contributed by atoms with van der Waals surface area (Å²) in [5.41, 5.74) is 0. The molecule has 0 aliphatic rings. The molecule has 0 bridgehead atoms. The lowest BCUT2D eigenvalue weighted by Crippen LogP contribution is -2.35. The maximum absolute atomic E-state index is 11.8. The van der Waals surface area contributed by atoms with Gasteiger partial charge in [-0.1, -0.05) is 19.5 Å². The lowest BCUT2D eigenvalue weighted by molar-refractivity contribution is -0.130. The topological polar surface area (TPSA) is 20.2 Å². The Morgan fingerprint density at radius 2 is 1.83 bits per heavy atom. The van der Waals surface area contributed by atoms with Gasteiger partial charge in [0.2, 0.25) is 0 Å². The van der Waals surface area contributed by atoms with Crippen LogP contribution in [-0.2, 0) is 0 Å². The Labute approximate surface area is 71.6 Å². The Balaban J connectivity index is 3.89. The van der Waals surface area contributed by atoms with Gasteiger partial charge in [-0.2, -0.15) is 13.2 Å². The average molecular weight is 200 g/mol. The van der Waals surface area contributed by atoms with Crippen molar-refractivity contribution in [1.82, 2.24) is 0 Å². The van der Waals surface area contributed by atoms with E-state index >= 15 is 0 Å². The van der Waals surface area contributed by atoms with Gasteiger partial charge in [-0.05, 0) is 6.04 Å². The molecule has 0 aromatic rings. The largest absolute Gasteiger partial charge is 0.400 e. The van der Waals surface area contributed by atoms with Crippen LogP contribution in [0, 0.1) is 0 Å². The second-order valence-corrected chi connectivity index (χ2v) is 8.58. The van der Waals surface area contributed by atoms with Crippen molar-refractivity contribution in [2.45, 2.75) is 38.2 Å². The van der Waals surface area contributed by atoms with Crippen LogP contribution in [0.25, 0.3) is 0 Å². The standard InChI is InChI=1S/C7H15F3OSi/c1-3-12(2,6-11)5-4-7(8,9)10/h11H,3-6H2,1-2H3. The molecule has 0 amide bonds. The number of rotatable bonds is 4. The van der Waals surface area contributed by atoms with Crippen LogP contribution in [0.4, 0.5) is 13.2 Å². The first-order valence-corrected chi connectivity index (χ1v) is 7.13. The van der Waals surface area contributed by atoms with Crippen molar-refractivity contribution in [3.05, 3.63) is 0 Å². The molecule has 0 spiro atoms. The minimum Gasteiger partial charge on any atom is -0.400 e. The monoisotopic (exact) mass is 200 g/mol. The normalized spacial score (nSPS) is 17.5. The summed E-state index contributed by atoms with van der Waals surface area (Å²) in [5, 5.41) is 8.88. The summed E-state index contributed by atoms with van der Waals surface area (Å²) < 4.78 is 35.4. The first-order valence-electron chi connectivity index (χ1n) is 4.00. The van der Waals surface area contributed by atoms with Crippen molar-refractivity contribution < 1.29 is 18.3 Å². The fourth-order valence-corrected chi connectivity index (χ4v) is 2.43. The maximum Gasteiger partial charge on any atom is 0.388 e. The molecule has 0 saturated heterocycles. The van der Waals surface area contributed by atoms with E-state index in [0.29, 0.717) is 6.04 Å². The van der Waals surface area contributed by atoms with E-state index in [2.05, 4.69) is 0 Å². The van der Waals surface area contributed by atoms with Crippen molar-refractivity contribution in [3.63, 3.8) is 0 Å². The summed E-state index contributed by atoms with van der Waals surface area (Å²) in [5.74, 6) is 0. The van der Waals surface area contributed by atoms with Crippen LogP contribution in [0.2, 0.25) is 18.6 Å². The van der Waals surface area contributed by atoms with Crippen LogP contribution in [0.1, 0.15) is 13.3 Å². The van der Waals surface area contributed by atoms with E-state index in [4.69, 9.17) is 5.11 Å². The third kappa shape index (κ3) is 4.77. The van der Waals surface area contributed by atoms with Gasteiger partial charge >= 0.3 is 6.18 Å². The average Bonchev–Trinajstić information content (AvgIpc) is 1.99. The van der Waals surface area contributed by atoms with Crippen molar-refractivity contribution >= 4 is 8.07 Å². The first-order chi connectivity index (χ1) is 5.33. The van der Waals surface area contributed by atoms with Crippen LogP contribution in [-0.4, -0.2) is 25.6 Å². The van der Waals surface area contributed by atoms with Crippen LogP contribution < -0.4 is 0 Å². The molecule has 1 N–H and O–H groups in total.